The molecule has 1 aromatic carbocycles. The molecule has 0 spiro atoms. The second kappa shape index (κ2) is 6.95. The summed E-state index contributed by atoms with van der Waals surface area (Å²) in [6.45, 7) is 9.65. The minimum atomic E-state index is 0.286. The number of morpholine rings is 1. The molecule has 0 aromatic heterocycles. The molecule has 1 aromatic rings. The number of nitrogens with zero attached hydrogens (tertiary/aromatic N) is 1. The van der Waals surface area contributed by atoms with E-state index >= 15 is 0 Å². The van der Waals surface area contributed by atoms with Gasteiger partial charge in [0.05, 0.1) is 19.3 Å². The molecule has 1 aliphatic rings. The van der Waals surface area contributed by atoms with Gasteiger partial charge in [-0.1, -0.05) is 6.92 Å². The Morgan fingerprint density at radius 3 is 2.90 bits per heavy atom. The quantitative estimate of drug-likeness (QED) is 0.841. The number of nitrogens with two attached hydrogens (primary N) is 1. The van der Waals surface area contributed by atoms with Crippen molar-refractivity contribution in [2.24, 2.45) is 0 Å². The smallest absolute Gasteiger partial charge is 0.123 e. The molecule has 112 valence electrons. The van der Waals surface area contributed by atoms with Crippen molar-refractivity contribution < 1.29 is 9.47 Å². The second-order valence-electron chi connectivity index (χ2n) is 5.44. The summed E-state index contributed by atoms with van der Waals surface area (Å²) in [5.74, 6) is 0.940. The summed E-state index contributed by atoms with van der Waals surface area (Å²) in [7, 11) is 0. The molecule has 0 aliphatic carbocycles. The summed E-state index contributed by atoms with van der Waals surface area (Å²) in [5, 5.41) is 0. The highest BCUT2D eigenvalue weighted by Crippen LogP contribution is 2.26. The van der Waals surface area contributed by atoms with E-state index in [0.717, 1.165) is 37.6 Å². The van der Waals surface area contributed by atoms with Gasteiger partial charge in [0.25, 0.3) is 0 Å². The van der Waals surface area contributed by atoms with Crippen LogP contribution >= 0.6 is 0 Å². The van der Waals surface area contributed by atoms with Crippen molar-refractivity contribution in [3.05, 3.63) is 23.8 Å². The molecular formula is C16H26N2O2. The van der Waals surface area contributed by atoms with E-state index in [4.69, 9.17) is 15.2 Å². The van der Waals surface area contributed by atoms with Crippen LogP contribution in [0, 0.1) is 0 Å². The van der Waals surface area contributed by atoms with Gasteiger partial charge >= 0.3 is 0 Å². The Balaban J connectivity index is 2.16. The van der Waals surface area contributed by atoms with Crippen LogP contribution in [0.1, 0.15) is 32.8 Å². The first-order valence-corrected chi connectivity index (χ1v) is 7.50. The summed E-state index contributed by atoms with van der Waals surface area (Å²) in [6.07, 6.45) is 1.38. The summed E-state index contributed by atoms with van der Waals surface area (Å²) >= 11 is 0. The third-order valence-corrected chi connectivity index (χ3v) is 3.81. The Bertz CT molecular complexity index is 436. The first kappa shape index (κ1) is 15.1. The number of hydrogen-bond acceptors (Lipinski definition) is 4. The van der Waals surface area contributed by atoms with Gasteiger partial charge in [-0.25, -0.2) is 0 Å². The minimum Gasteiger partial charge on any atom is -0.494 e. The summed E-state index contributed by atoms with van der Waals surface area (Å²) < 4.78 is 11.5. The molecule has 1 heterocycles. The number of benzene rings is 1. The normalized spacial score (nSPS) is 23.8. The van der Waals surface area contributed by atoms with Gasteiger partial charge in [-0.05, 0) is 38.5 Å². The molecule has 0 bridgehead atoms. The largest absolute Gasteiger partial charge is 0.494 e. The SMILES string of the molecule is CCOc1ccc(N)cc1CN1CC(C)OCC1CC. The average molecular weight is 278 g/mol. The maximum atomic E-state index is 5.92. The van der Waals surface area contributed by atoms with E-state index in [1.54, 1.807) is 0 Å². The molecule has 1 fully saturated rings. The highest BCUT2D eigenvalue weighted by atomic mass is 16.5. The van der Waals surface area contributed by atoms with Crippen LogP contribution in [0.15, 0.2) is 18.2 Å². The van der Waals surface area contributed by atoms with Gasteiger partial charge in [-0.15, -0.1) is 0 Å². The number of nitrogen functional groups attached to an aromatic ring is 1. The van der Waals surface area contributed by atoms with Crippen molar-refractivity contribution >= 4 is 5.69 Å². The topological polar surface area (TPSA) is 47.7 Å². The van der Waals surface area contributed by atoms with Crippen LogP contribution in [0.4, 0.5) is 5.69 Å². The van der Waals surface area contributed by atoms with Gasteiger partial charge in [0, 0.05) is 30.4 Å². The fraction of sp³-hybridized carbons (Fsp3) is 0.625. The van der Waals surface area contributed by atoms with Crippen LogP contribution in [-0.4, -0.2) is 36.8 Å². The van der Waals surface area contributed by atoms with Crippen LogP contribution in [-0.2, 0) is 11.3 Å². The Labute approximate surface area is 121 Å². The molecular weight excluding hydrogens is 252 g/mol. The molecule has 2 unspecified atom stereocenters. The lowest BCUT2D eigenvalue weighted by atomic mass is 10.1. The molecule has 2 rings (SSSR count). The molecule has 0 amide bonds. The van der Waals surface area contributed by atoms with Crippen LogP contribution in [0.5, 0.6) is 5.75 Å². The van der Waals surface area contributed by atoms with Gasteiger partial charge in [-0.2, -0.15) is 0 Å². The molecule has 4 nitrogen and oxygen atoms in total. The van der Waals surface area contributed by atoms with Crippen molar-refractivity contribution in [3.63, 3.8) is 0 Å². The zero-order chi connectivity index (χ0) is 14.5. The fourth-order valence-corrected chi connectivity index (χ4v) is 2.72. The lowest BCUT2D eigenvalue weighted by Crippen LogP contribution is -2.47. The lowest BCUT2D eigenvalue weighted by molar-refractivity contribution is -0.0593. The predicted octanol–water partition coefficient (Wildman–Crippen LogP) is 2.67. The van der Waals surface area contributed by atoms with Crippen LogP contribution in [0.2, 0.25) is 0 Å². The van der Waals surface area contributed by atoms with E-state index in [1.165, 1.54) is 5.56 Å². The lowest BCUT2D eigenvalue weighted by Gasteiger charge is -2.38. The molecule has 1 aliphatic heterocycles. The number of anilines is 1. The van der Waals surface area contributed by atoms with Crippen molar-refractivity contribution in [1.82, 2.24) is 4.90 Å². The van der Waals surface area contributed by atoms with Gasteiger partial charge in [0.1, 0.15) is 5.75 Å². The highest BCUT2D eigenvalue weighted by molar-refractivity contribution is 5.47. The Morgan fingerprint density at radius 1 is 1.40 bits per heavy atom. The Morgan fingerprint density at radius 2 is 2.20 bits per heavy atom. The molecule has 20 heavy (non-hydrogen) atoms. The minimum absolute atomic E-state index is 0.286. The maximum Gasteiger partial charge on any atom is 0.123 e. The van der Waals surface area contributed by atoms with E-state index in [0.29, 0.717) is 12.6 Å². The van der Waals surface area contributed by atoms with Crippen molar-refractivity contribution in [2.75, 3.05) is 25.5 Å². The number of hydrogen-bond donors (Lipinski definition) is 1. The van der Waals surface area contributed by atoms with Crippen molar-refractivity contribution in [1.29, 1.82) is 0 Å². The maximum absolute atomic E-state index is 5.92. The van der Waals surface area contributed by atoms with Gasteiger partial charge in [0.15, 0.2) is 0 Å². The summed E-state index contributed by atoms with van der Waals surface area (Å²) in [6, 6.07) is 6.37. The highest BCUT2D eigenvalue weighted by Gasteiger charge is 2.26. The van der Waals surface area contributed by atoms with Crippen LogP contribution in [0.25, 0.3) is 0 Å². The van der Waals surface area contributed by atoms with Crippen LogP contribution < -0.4 is 10.5 Å². The van der Waals surface area contributed by atoms with Gasteiger partial charge in [-0.3, -0.25) is 4.90 Å². The molecule has 2 atom stereocenters. The standard InChI is InChI=1S/C16H26N2O2/c1-4-15-11-20-12(3)9-18(15)10-13-8-14(17)6-7-16(13)19-5-2/h6-8,12,15H,4-5,9-11,17H2,1-3H3. The first-order chi connectivity index (χ1) is 9.63. The Kier molecular flexibility index (Phi) is 5.26. The van der Waals surface area contributed by atoms with E-state index in [9.17, 15) is 0 Å². The third kappa shape index (κ3) is 3.64. The molecule has 0 radical (unpaired) electrons. The second-order valence-corrected chi connectivity index (χ2v) is 5.44. The predicted molar refractivity (Wildman–Crippen MR) is 81.9 cm³/mol. The molecule has 1 saturated heterocycles. The Hall–Kier alpha value is -1.26. The first-order valence-electron chi connectivity index (χ1n) is 7.50. The van der Waals surface area contributed by atoms with Gasteiger partial charge < -0.3 is 15.2 Å². The number of rotatable bonds is 5. The van der Waals surface area contributed by atoms with Gasteiger partial charge in [0.2, 0.25) is 0 Å². The molecule has 2 N–H and O–H groups in total. The monoisotopic (exact) mass is 278 g/mol. The van der Waals surface area contributed by atoms with E-state index in [-0.39, 0.29) is 6.10 Å². The zero-order valence-electron chi connectivity index (χ0n) is 12.8. The van der Waals surface area contributed by atoms with E-state index in [2.05, 4.69) is 18.7 Å². The van der Waals surface area contributed by atoms with E-state index < -0.39 is 0 Å². The van der Waals surface area contributed by atoms with E-state index in [1.807, 2.05) is 25.1 Å². The molecule has 4 heteroatoms. The fourth-order valence-electron chi connectivity index (χ4n) is 2.72. The zero-order valence-corrected chi connectivity index (χ0v) is 12.8. The average Bonchev–Trinajstić information content (AvgIpc) is 2.42. The third-order valence-electron chi connectivity index (χ3n) is 3.81. The van der Waals surface area contributed by atoms with Crippen molar-refractivity contribution in [3.8, 4) is 5.75 Å². The number of ether oxygens (including phenoxy) is 2. The summed E-state index contributed by atoms with van der Waals surface area (Å²) in [4.78, 5) is 2.48. The molecule has 0 saturated carbocycles. The van der Waals surface area contributed by atoms with Crippen LogP contribution in [0.3, 0.4) is 0 Å². The van der Waals surface area contributed by atoms with Crippen molar-refractivity contribution in [2.45, 2.75) is 45.9 Å². The summed E-state index contributed by atoms with van der Waals surface area (Å²) in [5.41, 5.74) is 7.88.